The number of amides is 1. The molecule has 2 aliphatic rings. The van der Waals surface area contributed by atoms with Gasteiger partial charge in [-0.2, -0.15) is 0 Å². The summed E-state index contributed by atoms with van der Waals surface area (Å²) < 4.78 is 13.1. The van der Waals surface area contributed by atoms with Crippen molar-refractivity contribution in [2.75, 3.05) is 0 Å². The molecule has 2 N–H and O–H groups in total. The van der Waals surface area contributed by atoms with Crippen LogP contribution in [0.25, 0.3) is 0 Å². The molecule has 4 heteroatoms. The van der Waals surface area contributed by atoms with Gasteiger partial charge in [0.2, 0.25) is 0 Å². The largest absolute Gasteiger partial charge is 0.507 e. The van der Waals surface area contributed by atoms with Crippen molar-refractivity contribution in [3.8, 4) is 5.75 Å². The van der Waals surface area contributed by atoms with E-state index < -0.39 is 5.82 Å². The average molecular weight is 249 g/mol. The van der Waals surface area contributed by atoms with E-state index >= 15 is 0 Å². The molecule has 0 radical (unpaired) electrons. The van der Waals surface area contributed by atoms with E-state index in [1.54, 1.807) is 0 Å². The van der Waals surface area contributed by atoms with Crippen LogP contribution >= 0.6 is 0 Å². The first-order valence-corrected chi connectivity index (χ1v) is 6.44. The molecule has 0 saturated heterocycles. The second-order valence-corrected chi connectivity index (χ2v) is 5.34. The number of carbonyl (C=O) groups excluding carboxylic acids is 1. The molecule has 2 saturated carbocycles. The van der Waals surface area contributed by atoms with E-state index in [1.807, 2.05) is 0 Å². The minimum absolute atomic E-state index is 0.0290. The molecule has 18 heavy (non-hydrogen) atoms. The van der Waals surface area contributed by atoms with Crippen molar-refractivity contribution >= 4 is 5.91 Å². The van der Waals surface area contributed by atoms with Gasteiger partial charge in [0.15, 0.2) is 0 Å². The monoisotopic (exact) mass is 249 g/mol. The highest BCUT2D eigenvalue weighted by Gasteiger charge is 2.42. The lowest BCUT2D eigenvalue weighted by molar-refractivity contribution is 0.0923. The molecule has 1 amide bonds. The fraction of sp³-hybridized carbons (Fsp3) is 0.500. The van der Waals surface area contributed by atoms with Crippen LogP contribution in [0.15, 0.2) is 18.2 Å². The van der Waals surface area contributed by atoms with Gasteiger partial charge in [0.25, 0.3) is 5.91 Å². The van der Waals surface area contributed by atoms with Crippen LogP contribution in [0, 0.1) is 17.7 Å². The Labute approximate surface area is 105 Å². The van der Waals surface area contributed by atoms with Gasteiger partial charge >= 0.3 is 0 Å². The van der Waals surface area contributed by atoms with Crippen LogP contribution in [0.3, 0.4) is 0 Å². The Balaban J connectivity index is 1.75. The number of hydrogen-bond donors (Lipinski definition) is 2. The Morgan fingerprint density at radius 2 is 1.89 bits per heavy atom. The normalized spacial score (nSPS) is 19.0. The van der Waals surface area contributed by atoms with Crippen LogP contribution in [0.1, 0.15) is 36.0 Å². The van der Waals surface area contributed by atoms with Crippen molar-refractivity contribution in [1.82, 2.24) is 5.32 Å². The summed E-state index contributed by atoms with van der Waals surface area (Å²) in [6, 6.07) is 3.65. The summed E-state index contributed by atoms with van der Waals surface area (Å²) in [4.78, 5) is 12.1. The molecule has 3 nitrogen and oxygen atoms in total. The van der Waals surface area contributed by atoms with Crippen LogP contribution in [0.4, 0.5) is 4.39 Å². The maximum absolute atomic E-state index is 13.1. The number of aromatic hydroxyl groups is 1. The Hall–Kier alpha value is -1.58. The van der Waals surface area contributed by atoms with Gasteiger partial charge in [-0.25, -0.2) is 4.39 Å². The minimum atomic E-state index is -0.507. The lowest BCUT2D eigenvalue weighted by Gasteiger charge is -2.18. The van der Waals surface area contributed by atoms with Crippen molar-refractivity contribution in [3.05, 3.63) is 29.6 Å². The first-order chi connectivity index (χ1) is 8.65. The number of rotatable bonds is 4. The molecule has 0 aliphatic heterocycles. The zero-order valence-corrected chi connectivity index (χ0v) is 10.0. The third kappa shape index (κ3) is 2.33. The van der Waals surface area contributed by atoms with Crippen molar-refractivity contribution < 1.29 is 14.3 Å². The van der Waals surface area contributed by atoms with Gasteiger partial charge < -0.3 is 10.4 Å². The quantitative estimate of drug-likeness (QED) is 0.861. The number of carbonyl (C=O) groups is 1. The third-order valence-electron chi connectivity index (χ3n) is 3.76. The van der Waals surface area contributed by atoms with Crippen molar-refractivity contribution in [2.45, 2.75) is 31.7 Å². The highest BCUT2D eigenvalue weighted by molar-refractivity contribution is 5.97. The Kier molecular flexibility index (Phi) is 2.73. The van der Waals surface area contributed by atoms with Gasteiger partial charge in [0.1, 0.15) is 11.6 Å². The van der Waals surface area contributed by atoms with Gasteiger partial charge in [0, 0.05) is 6.04 Å². The van der Waals surface area contributed by atoms with Crippen LogP contribution in [0.5, 0.6) is 5.75 Å². The molecule has 1 aromatic rings. The Bertz CT molecular complexity index is 469. The maximum Gasteiger partial charge on any atom is 0.255 e. The topological polar surface area (TPSA) is 49.3 Å². The number of halogens is 1. The van der Waals surface area contributed by atoms with E-state index in [0.29, 0.717) is 11.8 Å². The zero-order chi connectivity index (χ0) is 12.7. The first kappa shape index (κ1) is 11.5. The molecular weight excluding hydrogens is 233 g/mol. The fourth-order valence-electron chi connectivity index (χ4n) is 2.45. The van der Waals surface area contributed by atoms with Crippen molar-refractivity contribution in [1.29, 1.82) is 0 Å². The van der Waals surface area contributed by atoms with Crippen LogP contribution in [-0.4, -0.2) is 17.1 Å². The zero-order valence-electron chi connectivity index (χ0n) is 10.0. The summed E-state index contributed by atoms with van der Waals surface area (Å²) in [5, 5.41) is 12.6. The molecule has 0 spiro atoms. The van der Waals surface area contributed by atoms with Gasteiger partial charge in [-0.1, -0.05) is 0 Å². The van der Waals surface area contributed by atoms with E-state index in [2.05, 4.69) is 5.32 Å². The number of hydrogen-bond acceptors (Lipinski definition) is 2. The van der Waals surface area contributed by atoms with Crippen molar-refractivity contribution in [3.63, 3.8) is 0 Å². The molecule has 0 aromatic heterocycles. The maximum atomic E-state index is 13.1. The molecule has 96 valence electrons. The SMILES string of the molecule is O=C(NC(C1CC1)C1CC1)c1cc(F)ccc1O. The molecule has 0 unspecified atom stereocenters. The van der Waals surface area contributed by atoms with Gasteiger partial charge in [-0.15, -0.1) is 0 Å². The second kappa shape index (κ2) is 4.26. The predicted octanol–water partition coefficient (Wildman–Crippen LogP) is 2.45. The molecule has 3 rings (SSSR count). The molecule has 2 fully saturated rings. The molecular formula is C14H16FNO2. The van der Waals surface area contributed by atoms with Crippen LogP contribution in [0.2, 0.25) is 0 Å². The Morgan fingerprint density at radius 3 is 2.44 bits per heavy atom. The van der Waals surface area contributed by atoms with E-state index in [0.717, 1.165) is 37.8 Å². The van der Waals surface area contributed by atoms with Crippen LogP contribution < -0.4 is 5.32 Å². The highest BCUT2D eigenvalue weighted by Crippen LogP contribution is 2.44. The molecule has 0 atom stereocenters. The summed E-state index contributed by atoms with van der Waals surface area (Å²) in [5.74, 6) is 0.122. The lowest BCUT2D eigenvalue weighted by Crippen LogP contribution is -2.38. The number of phenols is 1. The van der Waals surface area contributed by atoms with E-state index in [4.69, 9.17) is 0 Å². The predicted molar refractivity (Wildman–Crippen MR) is 64.8 cm³/mol. The highest BCUT2D eigenvalue weighted by atomic mass is 19.1. The molecule has 2 aliphatic carbocycles. The van der Waals surface area contributed by atoms with Crippen molar-refractivity contribution in [2.24, 2.45) is 11.8 Å². The van der Waals surface area contributed by atoms with Crippen LogP contribution in [-0.2, 0) is 0 Å². The molecule has 0 heterocycles. The average Bonchev–Trinajstić information content (AvgIpc) is 3.21. The molecule has 0 bridgehead atoms. The first-order valence-electron chi connectivity index (χ1n) is 6.44. The number of nitrogens with one attached hydrogen (secondary N) is 1. The van der Waals surface area contributed by atoms with Gasteiger partial charge in [-0.05, 0) is 55.7 Å². The van der Waals surface area contributed by atoms with Gasteiger partial charge in [-0.3, -0.25) is 4.79 Å². The van der Waals surface area contributed by atoms with E-state index in [-0.39, 0.29) is 23.3 Å². The summed E-state index contributed by atoms with van der Waals surface area (Å²) in [6.07, 6.45) is 4.65. The standard InChI is InChI=1S/C14H16FNO2/c15-10-5-6-12(17)11(7-10)14(18)16-13(8-1-2-8)9-3-4-9/h5-9,13,17H,1-4H2,(H,16,18). The summed E-state index contributed by atoms with van der Waals surface area (Å²) >= 11 is 0. The minimum Gasteiger partial charge on any atom is -0.507 e. The third-order valence-corrected chi connectivity index (χ3v) is 3.76. The fourth-order valence-corrected chi connectivity index (χ4v) is 2.45. The van der Waals surface area contributed by atoms with Gasteiger partial charge in [0.05, 0.1) is 5.56 Å². The second-order valence-electron chi connectivity index (χ2n) is 5.34. The lowest BCUT2D eigenvalue weighted by atomic mass is 10.1. The molecule has 1 aromatic carbocycles. The number of phenolic OH excluding ortho intramolecular Hbond substituents is 1. The number of benzene rings is 1. The Morgan fingerprint density at radius 1 is 1.28 bits per heavy atom. The smallest absolute Gasteiger partial charge is 0.255 e. The summed E-state index contributed by atoms with van der Waals surface area (Å²) in [7, 11) is 0. The van der Waals surface area contributed by atoms with E-state index in [9.17, 15) is 14.3 Å². The van der Waals surface area contributed by atoms with E-state index in [1.165, 1.54) is 6.07 Å². The summed E-state index contributed by atoms with van der Waals surface area (Å²) in [6.45, 7) is 0. The summed E-state index contributed by atoms with van der Waals surface area (Å²) in [5.41, 5.74) is 0.0290.